The minimum atomic E-state index is -0.437. The van der Waals surface area contributed by atoms with Crippen LogP contribution in [0.15, 0.2) is 48.5 Å². The van der Waals surface area contributed by atoms with E-state index in [0.29, 0.717) is 17.9 Å². The van der Waals surface area contributed by atoms with Crippen molar-refractivity contribution in [2.45, 2.75) is 13.5 Å². The van der Waals surface area contributed by atoms with Gasteiger partial charge in [0.1, 0.15) is 0 Å². The van der Waals surface area contributed by atoms with E-state index in [-0.39, 0.29) is 6.79 Å². The van der Waals surface area contributed by atoms with Crippen molar-refractivity contribution in [1.82, 2.24) is 0 Å². The third-order valence-electron chi connectivity index (χ3n) is 2.72. The fraction of sp³-hybridized carbons (Fsp3) is 0.188. The summed E-state index contributed by atoms with van der Waals surface area (Å²) in [7, 11) is 0. The molecule has 0 saturated carbocycles. The summed E-state index contributed by atoms with van der Waals surface area (Å²) in [6, 6.07) is 14.8. The van der Waals surface area contributed by atoms with E-state index in [1.54, 1.807) is 18.2 Å². The van der Waals surface area contributed by atoms with Gasteiger partial charge in [-0.05, 0) is 36.2 Å². The number of hydrogen-bond acceptors (Lipinski definition) is 4. The van der Waals surface area contributed by atoms with Gasteiger partial charge in [-0.15, -0.1) is 0 Å². The highest BCUT2D eigenvalue weighted by molar-refractivity contribution is 5.90. The highest BCUT2D eigenvalue weighted by atomic mass is 16.7. The SMILES string of the molecule is Cc1cc(N)cc(C(=O)OCOCc2ccccc2)c1. The van der Waals surface area contributed by atoms with Gasteiger partial charge in [-0.3, -0.25) is 0 Å². The van der Waals surface area contributed by atoms with Gasteiger partial charge in [0, 0.05) is 5.69 Å². The second-order valence-corrected chi connectivity index (χ2v) is 4.52. The average molecular weight is 271 g/mol. The van der Waals surface area contributed by atoms with Gasteiger partial charge in [0.2, 0.25) is 0 Å². The Bertz CT molecular complexity index is 561. The summed E-state index contributed by atoms with van der Waals surface area (Å²) in [6.45, 7) is 2.20. The van der Waals surface area contributed by atoms with E-state index in [4.69, 9.17) is 15.2 Å². The normalized spacial score (nSPS) is 10.2. The van der Waals surface area contributed by atoms with Crippen LogP contribution < -0.4 is 5.73 Å². The summed E-state index contributed by atoms with van der Waals surface area (Å²) in [5, 5.41) is 0. The van der Waals surface area contributed by atoms with Crippen LogP contribution in [-0.2, 0) is 16.1 Å². The van der Waals surface area contributed by atoms with E-state index >= 15 is 0 Å². The fourth-order valence-corrected chi connectivity index (χ4v) is 1.84. The van der Waals surface area contributed by atoms with Crippen molar-refractivity contribution in [3.8, 4) is 0 Å². The molecule has 2 aromatic rings. The first-order valence-electron chi connectivity index (χ1n) is 6.31. The Morgan fingerprint density at radius 2 is 1.90 bits per heavy atom. The zero-order valence-corrected chi connectivity index (χ0v) is 11.3. The van der Waals surface area contributed by atoms with Crippen molar-refractivity contribution in [1.29, 1.82) is 0 Å². The van der Waals surface area contributed by atoms with Gasteiger partial charge in [-0.2, -0.15) is 0 Å². The minimum Gasteiger partial charge on any atom is -0.435 e. The maximum Gasteiger partial charge on any atom is 0.340 e. The molecule has 2 N–H and O–H groups in total. The van der Waals surface area contributed by atoms with E-state index < -0.39 is 5.97 Å². The first kappa shape index (κ1) is 14.1. The van der Waals surface area contributed by atoms with Gasteiger partial charge in [0.05, 0.1) is 12.2 Å². The lowest BCUT2D eigenvalue weighted by molar-refractivity contribution is -0.0381. The van der Waals surface area contributed by atoms with Crippen LogP contribution in [0.2, 0.25) is 0 Å². The molecule has 0 heterocycles. The number of esters is 1. The molecule has 0 aliphatic heterocycles. The maximum absolute atomic E-state index is 11.8. The Labute approximate surface area is 118 Å². The molecule has 4 heteroatoms. The van der Waals surface area contributed by atoms with E-state index in [1.807, 2.05) is 37.3 Å². The molecule has 0 radical (unpaired) electrons. The van der Waals surface area contributed by atoms with Crippen molar-refractivity contribution < 1.29 is 14.3 Å². The number of rotatable bonds is 5. The molecule has 0 amide bonds. The zero-order valence-electron chi connectivity index (χ0n) is 11.3. The third-order valence-corrected chi connectivity index (χ3v) is 2.72. The van der Waals surface area contributed by atoms with Crippen molar-refractivity contribution >= 4 is 11.7 Å². The largest absolute Gasteiger partial charge is 0.435 e. The summed E-state index contributed by atoms with van der Waals surface area (Å²) >= 11 is 0. The number of carbonyl (C=O) groups is 1. The predicted octanol–water partition coefficient (Wildman–Crippen LogP) is 2.91. The van der Waals surface area contributed by atoms with Crippen LogP contribution in [0.25, 0.3) is 0 Å². The highest BCUT2D eigenvalue weighted by Crippen LogP contribution is 2.12. The maximum atomic E-state index is 11.8. The molecule has 0 aliphatic rings. The van der Waals surface area contributed by atoms with Gasteiger partial charge in [0.15, 0.2) is 6.79 Å². The molecular formula is C16H17NO3. The van der Waals surface area contributed by atoms with Crippen molar-refractivity contribution in [3.63, 3.8) is 0 Å². The third kappa shape index (κ3) is 4.10. The molecule has 2 rings (SSSR count). The Hall–Kier alpha value is -2.33. The predicted molar refractivity (Wildman–Crippen MR) is 77.1 cm³/mol. The monoisotopic (exact) mass is 271 g/mol. The lowest BCUT2D eigenvalue weighted by Crippen LogP contribution is -2.09. The van der Waals surface area contributed by atoms with Crippen LogP contribution in [-0.4, -0.2) is 12.8 Å². The average Bonchev–Trinajstić information content (AvgIpc) is 2.43. The van der Waals surface area contributed by atoms with Gasteiger partial charge in [-0.25, -0.2) is 4.79 Å². The quantitative estimate of drug-likeness (QED) is 0.393. The first-order chi connectivity index (χ1) is 9.65. The molecule has 2 aromatic carbocycles. The molecule has 20 heavy (non-hydrogen) atoms. The van der Waals surface area contributed by atoms with E-state index in [1.165, 1.54) is 0 Å². The molecule has 0 fully saturated rings. The second kappa shape index (κ2) is 6.73. The Balaban J connectivity index is 1.80. The topological polar surface area (TPSA) is 61.6 Å². The second-order valence-electron chi connectivity index (χ2n) is 4.52. The van der Waals surface area contributed by atoms with E-state index in [0.717, 1.165) is 11.1 Å². The first-order valence-corrected chi connectivity index (χ1v) is 6.31. The molecule has 0 atom stereocenters. The number of carbonyl (C=O) groups excluding carboxylic acids is 1. The Morgan fingerprint density at radius 1 is 1.15 bits per heavy atom. The molecule has 0 bridgehead atoms. The van der Waals surface area contributed by atoms with E-state index in [2.05, 4.69) is 0 Å². The Kier molecular flexibility index (Phi) is 4.74. The molecule has 0 aromatic heterocycles. The van der Waals surface area contributed by atoms with E-state index in [9.17, 15) is 4.79 Å². The van der Waals surface area contributed by atoms with Crippen LogP contribution >= 0.6 is 0 Å². The van der Waals surface area contributed by atoms with Crippen molar-refractivity contribution in [2.24, 2.45) is 0 Å². The molecule has 104 valence electrons. The van der Waals surface area contributed by atoms with Gasteiger partial charge in [-0.1, -0.05) is 30.3 Å². The summed E-state index contributed by atoms with van der Waals surface area (Å²) in [5.41, 5.74) is 8.62. The summed E-state index contributed by atoms with van der Waals surface area (Å²) < 4.78 is 10.3. The van der Waals surface area contributed by atoms with Crippen LogP contribution in [0.5, 0.6) is 0 Å². The number of nitrogen functional groups attached to an aromatic ring is 1. The number of nitrogens with two attached hydrogens (primary N) is 1. The molecule has 4 nitrogen and oxygen atoms in total. The summed E-state index contributed by atoms with van der Waals surface area (Å²) in [4.78, 5) is 11.8. The van der Waals surface area contributed by atoms with Crippen molar-refractivity contribution in [3.05, 3.63) is 65.2 Å². The number of aryl methyl sites for hydroxylation is 1. The summed E-state index contributed by atoms with van der Waals surface area (Å²) in [5.74, 6) is -0.437. The standard InChI is InChI=1S/C16H17NO3/c1-12-7-14(9-15(17)8-12)16(18)20-11-19-10-13-5-3-2-4-6-13/h2-9H,10-11,17H2,1H3. The smallest absolute Gasteiger partial charge is 0.340 e. The molecule has 0 aliphatic carbocycles. The number of ether oxygens (including phenoxy) is 2. The number of benzene rings is 2. The van der Waals surface area contributed by atoms with Gasteiger partial charge < -0.3 is 15.2 Å². The lowest BCUT2D eigenvalue weighted by Gasteiger charge is -2.07. The summed E-state index contributed by atoms with van der Waals surface area (Å²) in [6.07, 6.45) is 0. The lowest BCUT2D eigenvalue weighted by atomic mass is 10.1. The van der Waals surface area contributed by atoms with Crippen LogP contribution in [0.3, 0.4) is 0 Å². The van der Waals surface area contributed by atoms with Gasteiger partial charge >= 0.3 is 5.97 Å². The molecule has 0 saturated heterocycles. The number of anilines is 1. The molecule has 0 spiro atoms. The fourth-order valence-electron chi connectivity index (χ4n) is 1.84. The highest BCUT2D eigenvalue weighted by Gasteiger charge is 2.08. The van der Waals surface area contributed by atoms with Crippen LogP contribution in [0.1, 0.15) is 21.5 Å². The molecule has 0 unspecified atom stereocenters. The van der Waals surface area contributed by atoms with Crippen LogP contribution in [0, 0.1) is 6.92 Å². The van der Waals surface area contributed by atoms with Crippen molar-refractivity contribution in [2.75, 3.05) is 12.5 Å². The van der Waals surface area contributed by atoms with Gasteiger partial charge in [0.25, 0.3) is 0 Å². The minimum absolute atomic E-state index is 0.0818. The zero-order chi connectivity index (χ0) is 14.4. The Morgan fingerprint density at radius 3 is 2.60 bits per heavy atom. The number of hydrogen-bond donors (Lipinski definition) is 1. The van der Waals surface area contributed by atoms with Crippen LogP contribution in [0.4, 0.5) is 5.69 Å². The molecular weight excluding hydrogens is 254 g/mol.